The number of hydrogen-bond donors (Lipinski definition) is 0. The number of Topliss-reactive ketones (excluding diaryl/α,β-unsaturated/α-hetero) is 1. The predicted octanol–water partition coefficient (Wildman–Crippen LogP) is 4.48. The number of ketones is 1. The zero-order valence-corrected chi connectivity index (χ0v) is 18.9. The molecule has 0 spiro atoms. The van der Waals surface area contributed by atoms with Crippen molar-refractivity contribution in [2.75, 3.05) is 4.90 Å². The number of fused-ring (bicyclic) bond motifs is 1. The molecule has 4 atom stereocenters. The van der Waals surface area contributed by atoms with Crippen molar-refractivity contribution >= 4 is 28.2 Å². The summed E-state index contributed by atoms with van der Waals surface area (Å²) in [5.74, 6) is 0.765. The summed E-state index contributed by atoms with van der Waals surface area (Å²) in [6.07, 6.45) is 3.25. The van der Waals surface area contributed by atoms with Crippen molar-refractivity contribution in [3.05, 3.63) is 52.2 Å². The second-order valence-corrected chi connectivity index (χ2v) is 10.4. The van der Waals surface area contributed by atoms with E-state index in [9.17, 15) is 9.59 Å². The van der Waals surface area contributed by atoms with Crippen molar-refractivity contribution in [3.8, 4) is 0 Å². The molecule has 0 saturated heterocycles. The van der Waals surface area contributed by atoms with Gasteiger partial charge >= 0.3 is 0 Å². The molecule has 6 nitrogen and oxygen atoms in total. The Morgan fingerprint density at radius 2 is 1.94 bits per heavy atom. The number of carbonyl (C=O) groups excluding carboxylic acids is 2. The van der Waals surface area contributed by atoms with Gasteiger partial charge in [0.1, 0.15) is 11.1 Å². The summed E-state index contributed by atoms with van der Waals surface area (Å²) < 4.78 is 6.24. The van der Waals surface area contributed by atoms with Crippen LogP contribution in [0.4, 0.5) is 5.13 Å². The molecule has 1 amide bonds. The van der Waals surface area contributed by atoms with Crippen LogP contribution < -0.4 is 4.90 Å². The molecule has 31 heavy (non-hydrogen) atoms. The first kappa shape index (κ1) is 20.4. The smallest absolute Gasteiger partial charge is 0.296 e. The first-order valence-corrected chi connectivity index (χ1v) is 11.9. The zero-order valence-electron chi connectivity index (χ0n) is 18.1. The summed E-state index contributed by atoms with van der Waals surface area (Å²) in [4.78, 5) is 28.9. The molecule has 4 unspecified atom stereocenters. The number of anilines is 1. The molecule has 1 aromatic carbocycles. The average Bonchev–Trinajstić information content (AvgIpc) is 3.31. The maximum Gasteiger partial charge on any atom is 0.296 e. The summed E-state index contributed by atoms with van der Waals surface area (Å²) in [5.41, 5.74) is 1.38. The highest BCUT2D eigenvalue weighted by Gasteiger charge is 2.53. The number of benzene rings is 1. The summed E-state index contributed by atoms with van der Waals surface area (Å²) in [7, 11) is 0. The van der Waals surface area contributed by atoms with Crippen LogP contribution >= 0.6 is 11.3 Å². The second-order valence-electron chi connectivity index (χ2n) is 9.35. The van der Waals surface area contributed by atoms with Crippen molar-refractivity contribution in [1.82, 2.24) is 10.2 Å². The Morgan fingerprint density at radius 1 is 1.16 bits per heavy atom. The van der Waals surface area contributed by atoms with E-state index in [0.717, 1.165) is 36.3 Å². The molecule has 1 saturated carbocycles. The van der Waals surface area contributed by atoms with E-state index in [1.54, 1.807) is 4.90 Å². The number of aromatic nitrogens is 2. The lowest BCUT2D eigenvalue weighted by Crippen LogP contribution is -2.41. The molecular weight excluding hydrogens is 410 g/mol. The Balaban J connectivity index is 1.58. The van der Waals surface area contributed by atoms with Gasteiger partial charge in [-0.1, -0.05) is 62.4 Å². The maximum absolute atomic E-state index is 13.7. The fraction of sp³-hybridized carbons (Fsp3) is 0.500. The Morgan fingerprint density at radius 3 is 2.68 bits per heavy atom. The number of nitrogens with zero attached hydrogens (tertiary/aromatic N) is 3. The Bertz CT molecular complexity index is 1050. The SMILES string of the molecule is CC(C)Cc1nnc(N2C(=O)C3=C(C(=O)C4CC(C)CCC4O3)C2c2ccccc2)s1. The van der Waals surface area contributed by atoms with Crippen LogP contribution in [0.1, 0.15) is 56.6 Å². The first-order chi connectivity index (χ1) is 14.9. The quantitative estimate of drug-likeness (QED) is 0.705. The number of amides is 1. The van der Waals surface area contributed by atoms with Crippen LogP contribution in [0.2, 0.25) is 0 Å². The minimum atomic E-state index is -0.519. The van der Waals surface area contributed by atoms with E-state index in [4.69, 9.17) is 4.74 Å². The van der Waals surface area contributed by atoms with Crippen molar-refractivity contribution in [2.45, 2.75) is 58.6 Å². The molecule has 2 aliphatic heterocycles. The molecule has 0 bridgehead atoms. The molecule has 2 aromatic rings. The molecule has 1 aromatic heterocycles. The second kappa shape index (κ2) is 7.86. The van der Waals surface area contributed by atoms with Gasteiger partial charge in [0, 0.05) is 6.42 Å². The maximum atomic E-state index is 13.7. The Kier molecular flexibility index (Phi) is 5.16. The van der Waals surface area contributed by atoms with Crippen LogP contribution in [-0.2, 0) is 20.7 Å². The fourth-order valence-electron chi connectivity index (χ4n) is 5.00. The van der Waals surface area contributed by atoms with E-state index >= 15 is 0 Å². The third-order valence-electron chi connectivity index (χ3n) is 6.47. The number of rotatable bonds is 4. The van der Waals surface area contributed by atoms with Gasteiger partial charge in [-0.25, -0.2) is 0 Å². The molecule has 3 aliphatic rings. The van der Waals surface area contributed by atoms with Crippen molar-refractivity contribution < 1.29 is 14.3 Å². The van der Waals surface area contributed by atoms with E-state index in [-0.39, 0.29) is 29.5 Å². The van der Waals surface area contributed by atoms with E-state index in [1.807, 2.05) is 30.3 Å². The molecule has 0 N–H and O–H groups in total. The zero-order chi connectivity index (χ0) is 21.7. The van der Waals surface area contributed by atoms with E-state index in [2.05, 4.69) is 31.0 Å². The van der Waals surface area contributed by atoms with Crippen LogP contribution in [0.15, 0.2) is 41.7 Å². The molecule has 1 fully saturated rings. The monoisotopic (exact) mass is 437 g/mol. The predicted molar refractivity (Wildman–Crippen MR) is 119 cm³/mol. The summed E-state index contributed by atoms with van der Waals surface area (Å²) >= 11 is 1.42. The molecule has 1 aliphatic carbocycles. The summed E-state index contributed by atoms with van der Waals surface area (Å²) in [6, 6.07) is 9.19. The van der Waals surface area contributed by atoms with E-state index < -0.39 is 6.04 Å². The third-order valence-corrected chi connectivity index (χ3v) is 7.42. The van der Waals surface area contributed by atoms with Crippen LogP contribution in [0.3, 0.4) is 0 Å². The van der Waals surface area contributed by atoms with Gasteiger partial charge in [0.15, 0.2) is 11.5 Å². The highest BCUT2D eigenvalue weighted by atomic mass is 32.1. The highest BCUT2D eigenvalue weighted by molar-refractivity contribution is 7.15. The van der Waals surface area contributed by atoms with Gasteiger partial charge in [-0.05, 0) is 36.7 Å². The van der Waals surface area contributed by atoms with Crippen molar-refractivity contribution in [1.29, 1.82) is 0 Å². The van der Waals surface area contributed by atoms with Crippen LogP contribution in [0.5, 0.6) is 0 Å². The largest absolute Gasteiger partial charge is 0.483 e. The van der Waals surface area contributed by atoms with Gasteiger partial charge in [0.25, 0.3) is 5.91 Å². The van der Waals surface area contributed by atoms with Gasteiger partial charge in [-0.3, -0.25) is 14.5 Å². The van der Waals surface area contributed by atoms with Crippen LogP contribution in [0, 0.1) is 17.8 Å². The van der Waals surface area contributed by atoms with Crippen molar-refractivity contribution in [3.63, 3.8) is 0 Å². The molecule has 7 heteroatoms. The normalized spacial score (nSPS) is 28.1. The van der Waals surface area contributed by atoms with Gasteiger partial charge in [-0.2, -0.15) is 0 Å². The lowest BCUT2D eigenvalue weighted by molar-refractivity contribution is -0.132. The van der Waals surface area contributed by atoms with Gasteiger partial charge < -0.3 is 4.74 Å². The van der Waals surface area contributed by atoms with Gasteiger partial charge in [0.05, 0.1) is 17.5 Å². The molecule has 0 radical (unpaired) electrons. The van der Waals surface area contributed by atoms with Gasteiger partial charge in [0.2, 0.25) is 5.13 Å². The topological polar surface area (TPSA) is 72.4 Å². The molecule has 162 valence electrons. The van der Waals surface area contributed by atoms with E-state index in [1.165, 1.54) is 11.3 Å². The molecule has 3 heterocycles. The summed E-state index contributed by atoms with van der Waals surface area (Å²) in [6.45, 7) is 6.44. The standard InChI is InChI=1S/C24H27N3O3S/c1-13(2)11-18-25-26-24(31-18)27-20(15-7-5-4-6-8-15)19-21(28)16-12-14(3)9-10-17(16)30-22(19)23(27)29/h4-8,13-14,16-17,20H,9-12H2,1-3H3. The average molecular weight is 438 g/mol. The van der Waals surface area contributed by atoms with Crippen LogP contribution in [0.25, 0.3) is 0 Å². The fourth-order valence-corrected chi connectivity index (χ4v) is 6.08. The van der Waals surface area contributed by atoms with Crippen LogP contribution in [-0.4, -0.2) is 28.0 Å². The molecular formula is C24H27N3O3S. The minimum absolute atomic E-state index is 0.0643. The first-order valence-electron chi connectivity index (χ1n) is 11.1. The Labute approximate surface area is 186 Å². The van der Waals surface area contributed by atoms with Gasteiger partial charge in [-0.15, -0.1) is 10.2 Å². The molecule has 5 rings (SSSR count). The highest BCUT2D eigenvalue weighted by Crippen LogP contribution is 2.49. The number of hydrogen-bond acceptors (Lipinski definition) is 6. The lowest BCUT2D eigenvalue weighted by Gasteiger charge is -2.37. The number of ether oxygens (including phenoxy) is 1. The number of carbonyl (C=O) groups is 2. The van der Waals surface area contributed by atoms with E-state index in [0.29, 0.717) is 22.5 Å². The van der Waals surface area contributed by atoms with Crippen molar-refractivity contribution in [2.24, 2.45) is 17.8 Å². The third kappa shape index (κ3) is 3.49. The Hall–Kier alpha value is -2.54. The lowest BCUT2D eigenvalue weighted by atomic mass is 9.74. The summed E-state index contributed by atoms with van der Waals surface area (Å²) in [5, 5.41) is 10.1. The minimum Gasteiger partial charge on any atom is -0.483 e.